The fourth-order valence-corrected chi connectivity index (χ4v) is 3.78. The van der Waals surface area contributed by atoms with Crippen molar-refractivity contribution in [3.8, 4) is 0 Å². The maximum atomic E-state index is 12.9. The Balaban J connectivity index is 0.00000243. The number of piperidine rings is 1. The standard InChI is InChI=1S/C18H28N4O3.ClH/c1-3-15-16(12(2)21-25-15)18(24)22-9-5-6-13(11-22)10-20-17(23)14-7-4-8-19-14;/h13-14,19H,3-11H2,1-2H3,(H,20,23);1H. The number of aromatic nitrogens is 1. The van der Waals surface area contributed by atoms with Crippen LogP contribution in [0.4, 0.5) is 0 Å². The van der Waals surface area contributed by atoms with Gasteiger partial charge in [0.1, 0.15) is 11.3 Å². The van der Waals surface area contributed by atoms with Crippen molar-refractivity contribution >= 4 is 24.2 Å². The third kappa shape index (κ3) is 4.57. The Morgan fingerprint density at radius 3 is 2.85 bits per heavy atom. The second kappa shape index (κ2) is 9.37. The van der Waals surface area contributed by atoms with Crippen LogP contribution in [0.1, 0.15) is 54.4 Å². The second-order valence-electron chi connectivity index (χ2n) is 7.07. The number of aryl methyl sites for hydroxylation is 2. The minimum absolute atomic E-state index is 0. The van der Waals surface area contributed by atoms with Gasteiger partial charge in [-0.3, -0.25) is 9.59 Å². The van der Waals surface area contributed by atoms with Gasteiger partial charge in [-0.05, 0) is 45.1 Å². The van der Waals surface area contributed by atoms with Crippen LogP contribution in [-0.4, -0.2) is 54.1 Å². The zero-order valence-corrected chi connectivity index (χ0v) is 16.4. The molecule has 0 radical (unpaired) electrons. The van der Waals surface area contributed by atoms with Crippen molar-refractivity contribution < 1.29 is 14.1 Å². The molecule has 2 aliphatic rings. The van der Waals surface area contributed by atoms with Crippen LogP contribution in [0.5, 0.6) is 0 Å². The summed E-state index contributed by atoms with van der Waals surface area (Å²) < 4.78 is 5.26. The summed E-state index contributed by atoms with van der Waals surface area (Å²) in [5.74, 6) is 1.05. The minimum Gasteiger partial charge on any atom is -0.360 e. The van der Waals surface area contributed by atoms with E-state index in [-0.39, 0.29) is 30.3 Å². The van der Waals surface area contributed by atoms with Crippen molar-refractivity contribution in [3.63, 3.8) is 0 Å². The molecule has 26 heavy (non-hydrogen) atoms. The number of hydrogen-bond donors (Lipinski definition) is 2. The van der Waals surface area contributed by atoms with Crippen LogP contribution in [0, 0.1) is 12.8 Å². The van der Waals surface area contributed by atoms with Gasteiger partial charge in [-0.15, -0.1) is 12.4 Å². The van der Waals surface area contributed by atoms with E-state index in [1.54, 1.807) is 0 Å². The summed E-state index contributed by atoms with van der Waals surface area (Å²) in [6.45, 7) is 6.74. The lowest BCUT2D eigenvalue weighted by atomic mass is 9.96. The Hall–Kier alpha value is -1.60. The smallest absolute Gasteiger partial charge is 0.259 e. The summed E-state index contributed by atoms with van der Waals surface area (Å²) in [4.78, 5) is 26.9. The minimum atomic E-state index is -0.0481. The van der Waals surface area contributed by atoms with Gasteiger partial charge in [-0.2, -0.15) is 0 Å². The van der Waals surface area contributed by atoms with E-state index in [9.17, 15) is 9.59 Å². The van der Waals surface area contributed by atoms with E-state index >= 15 is 0 Å². The first-order valence-electron chi connectivity index (χ1n) is 9.35. The Kier molecular flexibility index (Phi) is 7.46. The van der Waals surface area contributed by atoms with Crippen LogP contribution in [-0.2, 0) is 11.2 Å². The number of carbonyl (C=O) groups excluding carboxylic acids is 2. The van der Waals surface area contributed by atoms with Gasteiger partial charge in [0, 0.05) is 26.1 Å². The van der Waals surface area contributed by atoms with E-state index in [2.05, 4.69) is 15.8 Å². The SMILES string of the molecule is CCc1onc(C)c1C(=O)N1CCCC(CNC(=O)C2CCCN2)C1.Cl. The second-order valence-corrected chi connectivity index (χ2v) is 7.07. The van der Waals surface area contributed by atoms with Gasteiger partial charge in [0.05, 0.1) is 11.7 Å². The van der Waals surface area contributed by atoms with Gasteiger partial charge in [0.2, 0.25) is 5.91 Å². The van der Waals surface area contributed by atoms with Crippen molar-refractivity contribution in [1.29, 1.82) is 0 Å². The van der Waals surface area contributed by atoms with Crippen molar-refractivity contribution in [2.75, 3.05) is 26.2 Å². The van der Waals surface area contributed by atoms with Crippen LogP contribution in [0.15, 0.2) is 4.52 Å². The summed E-state index contributed by atoms with van der Waals surface area (Å²) >= 11 is 0. The van der Waals surface area contributed by atoms with E-state index in [0.717, 1.165) is 38.8 Å². The molecule has 0 spiro atoms. The summed E-state index contributed by atoms with van der Waals surface area (Å²) in [5, 5.41) is 10.2. The van der Waals surface area contributed by atoms with Crippen molar-refractivity contribution in [1.82, 2.24) is 20.7 Å². The highest BCUT2D eigenvalue weighted by Crippen LogP contribution is 2.22. The number of likely N-dealkylation sites (tertiary alicyclic amines) is 1. The first-order chi connectivity index (χ1) is 12.1. The molecule has 1 aromatic heterocycles. The molecule has 2 aliphatic heterocycles. The zero-order valence-electron chi connectivity index (χ0n) is 15.5. The molecule has 2 atom stereocenters. The number of rotatable bonds is 5. The highest BCUT2D eigenvalue weighted by molar-refractivity contribution is 5.96. The van der Waals surface area contributed by atoms with Gasteiger partial charge < -0.3 is 20.1 Å². The third-order valence-corrected chi connectivity index (χ3v) is 5.22. The summed E-state index contributed by atoms with van der Waals surface area (Å²) in [7, 11) is 0. The predicted octanol–water partition coefficient (Wildman–Crippen LogP) is 1.69. The quantitative estimate of drug-likeness (QED) is 0.806. The van der Waals surface area contributed by atoms with Gasteiger partial charge in [0.25, 0.3) is 5.91 Å². The third-order valence-electron chi connectivity index (χ3n) is 5.22. The molecule has 3 heterocycles. The van der Waals surface area contributed by atoms with Crippen LogP contribution in [0.3, 0.4) is 0 Å². The number of hydrogen-bond acceptors (Lipinski definition) is 5. The van der Waals surface area contributed by atoms with Crippen LogP contribution < -0.4 is 10.6 Å². The molecule has 8 heteroatoms. The Morgan fingerprint density at radius 1 is 1.35 bits per heavy atom. The van der Waals surface area contributed by atoms with E-state index < -0.39 is 0 Å². The van der Waals surface area contributed by atoms with Crippen molar-refractivity contribution in [2.24, 2.45) is 5.92 Å². The van der Waals surface area contributed by atoms with Gasteiger partial charge in [0.15, 0.2) is 0 Å². The lowest BCUT2D eigenvalue weighted by Gasteiger charge is -2.33. The number of carbonyl (C=O) groups is 2. The molecule has 3 rings (SSSR count). The number of nitrogens with zero attached hydrogens (tertiary/aromatic N) is 2. The highest BCUT2D eigenvalue weighted by Gasteiger charge is 2.29. The largest absolute Gasteiger partial charge is 0.360 e. The van der Waals surface area contributed by atoms with Gasteiger partial charge in [-0.25, -0.2) is 0 Å². The first-order valence-corrected chi connectivity index (χ1v) is 9.35. The first kappa shape index (κ1) is 20.7. The highest BCUT2D eigenvalue weighted by atomic mass is 35.5. The predicted molar refractivity (Wildman–Crippen MR) is 101 cm³/mol. The molecule has 0 aliphatic carbocycles. The van der Waals surface area contributed by atoms with Crippen LogP contribution >= 0.6 is 12.4 Å². The average Bonchev–Trinajstić information content (AvgIpc) is 3.29. The normalized spacial score (nSPS) is 22.8. The fraction of sp³-hybridized carbons (Fsp3) is 0.722. The lowest BCUT2D eigenvalue weighted by Crippen LogP contribution is -2.46. The maximum absolute atomic E-state index is 12.9. The summed E-state index contributed by atoms with van der Waals surface area (Å²) in [6, 6.07) is -0.0481. The Labute approximate surface area is 160 Å². The summed E-state index contributed by atoms with van der Waals surface area (Å²) in [6.07, 6.45) is 4.62. The molecule has 0 aromatic carbocycles. The van der Waals surface area contributed by atoms with Crippen molar-refractivity contribution in [2.45, 2.75) is 52.0 Å². The molecule has 2 unspecified atom stereocenters. The monoisotopic (exact) mass is 384 g/mol. The number of amides is 2. The topological polar surface area (TPSA) is 87.5 Å². The molecule has 0 saturated carbocycles. The molecular weight excluding hydrogens is 356 g/mol. The van der Waals surface area contributed by atoms with Crippen LogP contribution in [0.25, 0.3) is 0 Å². The molecule has 1 aromatic rings. The van der Waals surface area contributed by atoms with Crippen molar-refractivity contribution in [3.05, 3.63) is 17.0 Å². The molecule has 2 amide bonds. The molecule has 2 N–H and O–H groups in total. The molecule has 0 bridgehead atoms. The zero-order chi connectivity index (χ0) is 17.8. The number of nitrogens with one attached hydrogen (secondary N) is 2. The molecular formula is C18H29ClN4O3. The van der Waals surface area contributed by atoms with E-state index in [0.29, 0.717) is 42.4 Å². The van der Waals surface area contributed by atoms with E-state index in [4.69, 9.17) is 4.52 Å². The summed E-state index contributed by atoms with van der Waals surface area (Å²) in [5.41, 5.74) is 1.27. The van der Waals surface area contributed by atoms with Crippen LogP contribution in [0.2, 0.25) is 0 Å². The lowest BCUT2D eigenvalue weighted by molar-refractivity contribution is -0.123. The Bertz CT molecular complexity index is 628. The average molecular weight is 385 g/mol. The van der Waals surface area contributed by atoms with Gasteiger partial charge in [-0.1, -0.05) is 12.1 Å². The molecule has 2 saturated heterocycles. The Morgan fingerprint density at radius 2 is 2.15 bits per heavy atom. The molecule has 2 fully saturated rings. The fourth-order valence-electron chi connectivity index (χ4n) is 3.78. The number of halogens is 1. The van der Waals surface area contributed by atoms with E-state index in [1.165, 1.54) is 0 Å². The molecule has 146 valence electrons. The van der Waals surface area contributed by atoms with E-state index in [1.807, 2.05) is 18.7 Å². The molecule has 7 nitrogen and oxygen atoms in total. The van der Waals surface area contributed by atoms with Gasteiger partial charge >= 0.3 is 0 Å². The maximum Gasteiger partial charge on any atom is 0.259 e.